The van der Waals surface area contributed by atoms with Crippen LogP contribution in [0.4, 0.5) is 0 Å². The van der Waals surface area contributed by atoms with E-state index in [0.717, 1.165) is 12.8 Å². The molecule has 1 aromatic carbocycles. The number of aliphatic hydroxyl groups excluding tert-OH is 1. The van der Waals surface area contributed by atoms with Crippen LogP contribution in [-0.4, -0.2) is 39.6 Å². The number of ketones is 2. The van der Waals surface area contributed by atoms with E-state index in [2.05, 4.69) is 20.8 Å². The van der Waals surface area contributed by atoms with Crippen LogP contribution in [0.15, 0.2) is 22.7 Å². The molecule has 1 aliphatic heterocycles. The lowest BCUT2D eigenvalue weighted by atomic mass is 9.67. The Morgan fingerprint density at radius 2 is 1.62 bits per heavy atom. The summed E-state index contributed by atoms with van der Waals surface area (Å²) < 4.78 is 12.6. The van der Waals surface area contributed by atoms with E-state index in [-0.39, 0.29) is 57.2 Å². The number of allylic oxidation sites excluding steroid dienone is 3. The first-order valence-corrected chi connectivity index (χ1v) is 15.5. The molecule has 0 bridgehead atoms. The van der Waals surface area contributed by atoms with Gasteiger partial charge >= 0.3 is 0 Å². The van der Waals surface area contributed by atoms with Crippen molar-refractivity contribution in [2.75, 3.05) is 7.11 Å². The second-order valence-corrected chi connectivity index (χ2v) is 14.9. The second kappa shape index (κ2) is 9.52. The Morgan fingerprint density at radius 1 is 1.00 bits per heavy atom. The number of phenolic OH excluding ortho intramolecular Hbond substituents is 2. The highest BCUT2D eigenvalue weighted by atomic mass is 16.5. The molecule has 0 aromatic heterocycles. The summed E-state index contributed by atoms with van der Waals surface area (Å²) >= 11 is 0. The van der Waals surface area contributed by atoms with Gasteiger partial charge in [-0.3, -0.25) is 9.59 Å². The standard InChI is InChI=1S/C35H48O7/c1-15(2)22(24-27(37)18(7)32(41-11)33(8,9)31(24)40)23-29(39)25(26(36)16(3)4)28(38)20-12-19-13-35(17(5)6)14-21(35)34(19,10)42-30(20)23/h15-17,19,21-22,37-39H,12-14H2,1-11H3/t19-,21+,22+,34-,35+/m1/s1. The number of Topliss-reactive ketones (excluding diaryl/α,β-unsaturated/α-hetero) is 2. The highest BCUT2D eigenvalue weighted by Gasteiger charge is 2.73. The van der Waals surface area contributed by atoms with Gasteiger partial charge in [0.05, 0.1) is 12.5 Å². The van der Waals surface area contributed by atoms with Crippen molar-refractivity contribution in [2.45, 2.75) is 100 Å². The van der Waals surface area contributed by atoms with Crippen molar-refractivity contribution < 1.29 is 34.4 Å². The van der Waals surface area contributed by atoms with Gasteiger partial charge in [0, 0.05) is 45.9 Å². The van der Waals surface area contributed by atoms with Gasteiger partial charge in [-0.1, -0.05) is 41.5 Å². The van der Waals surface area contributed by atoms with Gasteiger partial charge in [-0.25, -0.2) is 0 Å². The van der Waals surface area contributed by atoms with Crippen LogP contribution in [0.25, 0.3) is 0 Å². The molecule has 3 N–H and O–H groups in total. The Bertz CT molecular complexity index is 1440. The fourth-order valence-electron chi connectivity index (χ4n) is 8.76. The molecule has 2 saturated carbocycles. The number of carbonyl (C=O) groups excluding carboxylic acids is 2. The Kier molecular flexibility index (Phi) is 6.91. The van der Waals surface area contributed by atoms with Gasteiger partial charge in [0.1, 0.15) is 39.9 Å². The van der Waals surface area contributed by atoms with Gasteiger partial charge in [-0.2, -0.15) is 0 Å². The lowest BCUT2D eigenvalue weighted by Gasteiger charge is -2.43. The van der Waals surface area contributed by atoms with Crippen LogP contribution >= 0.6 is 0 Å². The fourth-order valence-corrected chi connectivity index (χ4v) is 8.76. The SMILES string of the molecule is COC1=C(C)C(O)=C([C@H](c2c(O)c(C(=O)C(C)C)c(O)c3c2O[C@]2(C)[C@H](C3)C[C@@]3(C(C)C)C[C@H]32)C(C)C)C(=O)C1(C)C. The summed E-state index contributed by atoms with van der Waals surface area (Å²) in [6.07, 6.45) is 2.56. The third-order valence-corrected chi connectivity index (χ3v) is 11.3. The molecular formula is C35H48O7. The second-order valence-electron chi connectivity index (χ2n) is 14.9. The monoisotopic (exact) mass is 580 g/mol. The zero-order chi connectivity index (χ0) is 31.4. The maximum absolute atomic E-state index is 14.2. The molecule has 3 aliphatic carbocycles. The molecule has 5 rings (SSSR count). The molecule has 7 heteroatoms. The summed E-state index contributed by atoms with van der Waals surface area (Å²) in [5.74, 6) is -1.38. The van der Waals surface area contributed by atoms with Crippen LogP contribution in [-0.2, 0) is 16.0 Å². The van der Waals surface area contributed by atoms with Crippen LogP contribution in [0, 0.1) is 40.4 Å². The topological polar surface area (TPSA) is 113 Å². The smallest absolute Gasteiger partial charge is 0.176 e. The quantitative estimate of drug-likeness (QED) is 0.288. The molecule has 0 spiro atoms. The minimum absolute atomic E-state index is 0.134. The average molecular weight is 581 g/mol. The van der Waals surface area contributed by atoms with Crippen LogP contribution in [0.2, 0.25) is 0 Å². The van der Waals surface area contributed by atoms with Crippen LogP contribution in [0.1, 0.15) is 109 Å². The van der Waals surface area contributed by atoms with Gasteiger partial charge in [0.2, 0.25) is 0 Å². The van der Waals surface area contributed by atoms with E-state index in [1.54, 1.807) is 34.6 Å². The molecule has 1 heterocycles. The molecule has 230 valence electrons. The summed E-state index contributed by atoms with van der Waals surface area (Å²) in [7, 11) is 1.49. The predicted molar refractivity (Wildman–Crippen MR) is 161 cm³/mol. The lowest BCUT2D eigenvalue weighted by molar-refractivity contribution is -0.124. The Labute approximate surface area is 250 Å². The van der Waals surface area contributed by atoms with Crippen LogP contribution in [0.3, 0.4) is 0 Å². The summed E-state index contributed by atoms with van der Waals surface area (Å²) in [4.78, 5) is 27.8. The number of methoxy groups -OCH3 is 1. The number of aliphatic hydroxyl groups is 1. The van der Waals surface area contributed by atoms with Crippen molar-refractivity contribution in [3.8, 4) is 17.2 Å². The van der Waals surface area contributed by atoms with Gasteiger partial charge < -0.3 is 24.8 Å². The highest BCUT2D eigenvalue weighted by Crippen LogP contribution is 2.75. The molecule has 0 unspecified atom stereocenters. The van der Waals surface area contributed by atoms with Crippen molar-refractivity contribution in [2.24, 2.45) is 40.4 Å². The van der Waals surface area contributed by atoms with E-state index in [0.29, 0.717) is 46.5 Å². The minimum Gasteiger partial charge on any atom is -0.507 e. The largest absolute Gasteiger partial charge is 0.507 e. The molecule has 42 heavy (non-hydrogen) atoms. The molecular weight excluding hydrogens is 532 g/mol. The highest BCUT2D eigenvalue weighted by molar-refractivity contribution is 6.07. The maximum atomic E-state index is 14.2. The van der Waals surface area contributed by atoms with Crippen LogP contribution < -0.4 is 4.74 Å². The number of fused-ring (bicyclic) bond motifs is 4. The molecule has 2 fully saturated rings. The first-order chi connectivity index (χ1) is 19.4. The van der Waals surface area contributed by atoms with Gasteiger partial charge in [0.25, 0.3) is 0 Å². The van der Waals surface area contributed by atoms with E-state index in [1.807, 2.05) is 13.8 Å². The van der Waals surface area contributed by atoms with Crippen molar-refractivity contribution in [3.63, 3.8) is 0 Å². The number of benzene rings is 1. The Balaban J connectivity index is 1.82. The average Bonchev–Trinajstić information content (AvgIpc) is 3.58. The van der Waals surface area contributed by atoms with Gasteiger partial charge in [-0.15, -0.1) is 0 Å². The first kappa shape index (κ1) is 30.5. The van der Waals surface area contributed by atoms with E-state index in [4.69, 9.17) is 9.47 Å². The number of rotatable bonds is 7. The third kappa shape index (κ3) is 3.83. The third-order valence-electron chi connectivity index (χ3n) is 11.3. The summed E-state index contributed by atoms with van der Waals surface area (Å²) in [5, 5.41) is 35.2. The maximum Gasteiger partial charge on any atom is 0.176 e. The number of hydrogen-bond acceptors (Lipinski definition) is 7. The van der Waals surface area contributed by atoms with Crippen molar-refractivity contribution in [3.05, 3.63) is 39.4 Å². The van der Waals surface area contributed by atoms with E-state index in [1.165, 1.54) is 7.11 Å². The predicted octanol–water partition coefficient (Wildman–Crippen LogP) is 7.39. The van der Waals surface area contributed by atoms with Crippen molar-refractivity contribution in [1.29, 1.82) is 0 Å². The van der Waals surface area contributed by atoms with E-state index in [9.17, 15) is 24.9 Å². The fraction of sp³-hybridized carbons (Fsp3) is 0.657. The van der Waals surface area contributed by atoms with E-state index >= 15 is 0 Å². The van der Waals surface area contributed by atoms with Gasteiger partial charge in [-0.05, 0) is 64.2 Å². The summed E-state index contributed by atoms with van der Waals surface area (Å²) in [6.45, 7) is 19.2. The number of aromatic hydroxyl groups is 2. The molecule has 0 radical (unpaired) electrons. The lowest BCUT2D eigenvalue weighted by Crippen LogP contribution is -2.45. The Morgan fingerprint density at radius 3 is 2.14 bits per heavy atom. The molecule has 5 atom stereocenters. The number of hydrogen-bond donors (Lipinski definition) is 3. The van der Waals surface area contributed by atoms with Crippen molar-refractivity contribution in [1.82, 2.24) is 0 Å². The normalized spacial score (nSPS) is 30.4. The van der Waals surface area contributed by atoms with E-state index < -0.39 is 22.9 Å². The molecule has 1 aromatic rings. The minimum atomic E-state index is -1.06. The summed E-state index contributed by atoms with van der Waals surface area (Å²) in [6, 6.07) is 0. The number of ether oxygens (including phenoxy) is 2. The molecule has 7 nitrogen and oxygen atoms in total. The first-order valence-electron chi connectivity index (χ1n) is 15.5. The van der Waals surface area contributed by atoms with Gasteiger partial charge in [0.15, 0.2) is 11.6 Å². The molecule has 0 amide bonds. The van der Waals surface area contributed by atoms with Crippen LogP contribution in [0.5, 0.6) is 17.2 Å². The number of phenols is 2. The zero-order valence-corrected chi connectivity index (χ0v) is 27.1. The molecule has 0 saturated heterocycles. The number of carbonyl (C=O) groups is 2. The zero-order valence-electron chi connectivity index (χ0n) is 27.1. The Hall–Kier alpha value is -2.96. The summed E-state index contributed by atoms with van der Waals surface area (Å²) in [5.41, 5.74) is -0.120. The molecule has 4 aliphatic rings. The van der Waals surface area contributed by atoms with Crippen molar-refractivity contribution >= 4 is 11.6 Å².